The van der Waals surface area contributed by atoms with Crippen LogP contribution in [0.3, 0.4) is 0 Å². The third kappa shape index (κ3) is 10.2. The Morgan fingerprint density at radius 1 is 0.873 bits per heavy atom. The monoisotopic (exact) mass is 904 g/mol. The smallest absolute Gasteiger partial charge is 0.309 e. The highest BCUT2D eigenvalue weighted by Crippen LogP contribution is 2.49. The van der Waals surface area contributed by atoms with E-state index in [-0.39, 0.29) is 40.6 Å². The van der Waals surface area contributed by atoms with Crippen LogP contribution in [0.4, 0.5) is 0 Å². The number of carboxylic acid groups (broad SMARTS) is 1. The second-order valence-corrected chi connectivity index (χ2v) is 21.9. The van der Waals surface area contributed by atoms with E-state index >= 15 is 0 Å². The summed E-state index contributed by atoms with van der Waals surface area (Å²) in [6, 6.07) is 7.41. The van der Waals surface area contributed by atoms with E-state index in [1.807, 2.05) is 53.7 Å². The van der Waals surface area contributed by atoms with Gasteiger partial charge in [0.15, 0.2) is 5.79 Å². The normalized spacial score (nSPS) is 41.1. The van der Waals surface area contributed by atoms with Crippen LogP contribution < -0.4 is 4.72 Å². The molecule has 5 heterocycles. The van der Waals surface area contributed by atoms with Gasteiger partial charge in [-0.15, -0.1) is 0 Å². The van der Waals surface area contributed by atoms with Gasteiger partial charge >= 0.3 is 5.97 Å². The number of nitrogens with one attached hydrogen (secondary N) is 1. The summed E-state index contributed by atoms with van der Waals surface area (Å²) >= 11 is 0. The van der Waals surface area contributed by atoms with Gasteiger partial charge in [0.25, 0.3) is 0 Å². The molecular formula is C49H77NO12S. The molecule has 4 N–H and O–H groups in total. The highest BCUT2D eigenvalue weighted by molar-refractivity contribution is 7.89. The first kappa shape index (κ1) is 50.1. The molecule has 19 atom stereocenters. The zero-order chi connectivity index (χ0) is 46.2. The third-order valence-corrected chi connectivity index (χ3v) is 17.5. The second kappa shape index (κ2) is 19.9. The van der Waals surface area contributed by atoms with Crippen LogP contribution in [0.1, 0.15) is 133 Å². The molecule has 0 amide bonds. The topological polar surface area (TPSA) is 187 Å². The lowest BCUT2D eigenvalue weighted by molar-refractivity contribution is -0.327. The number of hydrogen-bond donors (Lipinski definition) is 4. The van der Waals surface area contributed by atoms with Crippen molar-refractivity contribution in [3.63, 3.8) is 0 Å². The minimum atomic E-state index is -3.98. The Kier molecular flexibility index (Phi) is 15.8. The van der Waals surface area contributed by atoms with E-state index in [2.05, 4.69) is 25.5 Å². The van der Waals surface area contributed by atoms with Crippen molar-refractivity contribution < 1.29 is 57.0 Å². The summed E-state index contributed by atoms with van der Waals surface area (Å²) in [4.78, 5) is 26.8. The molecule has 6 rings (SSSR count). The lowest BCUT2D eigenvalue weighted by Gasteiger charge is -2.52. The molecule has 0 bridgehead atoms. The number of carbonyl (C=O) groups is 2. The molecule has 1 aromatic carbocycles. The van der Waals surface area contributed by atoms with Gasteiger partial charge in [0.05, 0.1) is 70.8 Å². The number of hydrogen-bond acceptors (Lipinski definition) is 11. The van der Waals surface area contributed by atoms with Crippen LogP contribution in [-0.4, -0.2) is 107 Å². The summed E-state index contributed by atoms with van der Waals surface area (Å²) in [5.74, 6) is -4.87. The Balaban J connectivity index is 1.24. The van der Waals surface area contributed by atoms with Gasteiger partial charge in [-0.25, -0.2) is 13.1 Å². The summed E-state index contributed by atoms with van der Waals surface area (Å²) in [6.45, 7) is 19.5. The van der Waals surface area contributed by atoms with E-state index in [1.54, 1.807) is 37.3 Å². The van der Waals surface area contributed by atoms with Crippen LogP contribution in [0.15, 0.2) is 47.4 Å². The zero-order valence-electron chi connectivity index (χ0n) is 39.3. The SMILES string of the molecule is CC[C@@H](C(=O)[C@@H](C)[C@@H](O)[C@H](C)[C@@H]1O[C@@H]([C@@H](CC)C(=O)O)CC[C@@H]1C)[C@H]1O[C@]2(C=C[C@@H](NS(=O)(=O)c3ccccc3)C(C3CC[C@@](C)([C@H]4CC[C@](O)(CC)[C@H](C)O4)O3)O2)[C@H](C)C[C@@H]1C. The van der Waals surface area contributed by atoms with Crippen molar-refractivity contribution in [3.8, 4) is 0 Å². The van der Waals surface area contributed by atoms with Crippen molar-refractivity contribution in [2.24, 2.45) is 41.4 Å². The zero-order valence-corrected chi connectivity index (χ0v) is 40.1. The Labute approximate surface area is 376 Å². The number of aliphatic hydroxyl groups is 2. The number of aliphatic hydroxyl groups excluding tert-OH is 1. The van der Waals surface area contributed by atoms with Gasteiger partial charge in [-0.3, -0.25) is 9.59 Å². The van der Waals surface area contributed by atoms with Crippen molar-refractivity contribution in [3.05, 3.63) is 42.5 Å². The van der Waals surface area contributed by atoms with Crippen LogP contribution in [0, 0.1) is 41.4 Å². The maximum absolute atomic E-state index is 14.7. The maximum atomic E-state index is 14.7. The first-order valence-corrected chi connectivity index (χ1v) is 25.4. The van der Waals surface area contributed by atoms with Gasteiger partial charge in [-0.05, 0) is 108 Å². The standard InChI is InChI=1S/C49H77NO12S/c1-11-35(46(53)54)38-20-19-28(4)43(59-38)32(8)41(51)31(7)42(52)36(12-2)44-29(5)27-30(6)49(61-44)26-21-37(50-63(56,57)34-17-15-14-16-18-34)45(62-49)39-22-24-47(10,60-39)40-23-25-48(55,13-3)33(9)58-40/h14-18,21,26,28-33,35-41,43-45,50-51,55H,11-13,19-20,22-25,27H2,1-10H3,(H,53,54)/t28-,29-,30+,31-,32-,33-,35+,36-,37+,38+,39?,40+,41+,43+,44-,45?,47-,48+,49-/m0/s1. The Morgan fingerprint density at radius 3 is 2.17 bits per heavy atom. The molecule has 4 saturated heterocycles. The van der Waals surface area contributed by atoms with E-state index < -0.39 is 99.3 Å². The van der Waals surface area contributed by atoms with Crippen molar-refractivity contribution in [1.29, 1.82) is 0 Å². The van der Waals surface area contributed by atoms with E-state index in [0.717, 1.165) is 6.42 Å². The van der Waals surface area contributed by atoms with E-state index in [4.69, 9.17) is 23.7 Å². The lowest BCUT2D eigenvalue weighted by atomic mass is 9.72. The molecule has 356 valence electrons. The number of sulfonamides is 1. The van der Waals surface area contributed by atoms with Crippen LogP contribution in [0.2, 0.25) is 0 Å². The fourth-order valence-electron chi connectivity index (χ4n) is 11.6. The van der Waals surface area contributed by atoms with Gasteiger partial charge in [-0.1, -0.05) is 79.7 Å². The Bertz CT molecular complexity index is 1860. The van der Waals surface area contributed by atoms with Crippen molar-refractivity contribution >= 4 is 21.8 Å². The van der Waals surface area contributed by atoms with Crippen molar-refractivity contribution in [2.75, 3.05) is 0 Å². The van der Waals surface area contributed by atoms with Crippen LogP contribution >= 0.6 is 0 Å². The highest BCUT2D eigenvalue weighted by Gasteiger charge is 2.57. The van der Waals surface area contributed by atoms with Crippen molar-refractivity contribution in [1.82, 2.24) is 4.72 Å². The molecule has 1 spiro atoms. The van der Waals surface area contributed by atoms with Gasteiger partial charge in [0, 0.05) is 23.7 Å². The summed E-state index contributed by atoms with van der Waals surface area (Å²) < 4.78 is 64.7. The molecule has 63 heavy (non-hydrogen) atoms. The molecule has 14 heteroatoms. The molecule has 2 unspecified atom stereocenters. The van der Waals surface area contributed by atoms with Crippen LogP contribution in [-0.2, 0) is 43.3 Å². The molecule has 0 radical (unpaired) electrons. The highest BCUT2D eigenvalue weighted by atomic mass is 32.2. The maximum Gasteiger partial charge on any atom is 0.309 e. The first-order chi connectivity index (χ1) is 29.6. The molecular weight excluding hydrogens is 827 g/mol. The van der Waals surface area contributed by atoms with Crippen LogP contribution in [0.25, 0.3) is 0 Å². The van der Waals surface area contributed by atoms with Gasteiger partial charge < -0.3 is 39.0 Å². The van der Waals surface area contributed by atoms with Gasteiger partial charge in [0.2, 0.25) is 10.0 Å². The van der Waals surface area contributed by atoms with Crippen LogP contribution in [0.5, 0.6) is 0 Å². The number of aliphatic carboxylic acids is 1. The number of carbonyl (C=O) groups excluding carboxylic acids is 1. The lowest BCUT2D eigenvalue weighted by Crippen LogP contribution is -2.62. The van der Waals surface area contributed by atoms with E-state index in [1.165, 1.54) is 0 Å². The van der Waals surface area contributed by atoms with Crippen molar-refractivity contribution in [2.45, 2.75) is 210 Å². The molecule has 0 aliphatic carbocycles. The number of ether oxygens (including phenoxy) is 5. The van der Waals surface area contributed by atoms with E-state index in [0.29, 0.717) is 57.8 Å². The Hall–Kier alpha value is -2.27. The molecule has 5 aliphatic rings. The predicted molar refractivity (Wildman–Crippen MR) is 238 cm³/mol. The van der Waals surface area contributed by atoms with Gasteiger partial charge in [-0.2, -0.15) is 0 Å². The minimum Gasteiger partial charge on any atom is -0.481 e. The van der Waals surface area contributed by atoms with E-state index in [9.17, 15) is 33.3 Å². The predicted octanol–water partition coefficient (Wildman–Crippen LogP) is 7.22. The van der Waals surface area contributed by atoms with Gasteiger partial charge in [0.1, 0.15) is 11.9 Å². The number of rotatable bonds is 16. The average Bonchev–Trinajstić information content (AvgIpc) is 3.67. The summed E-state index contributed by atoms with van der Waals surface area (Å²) in [6.07, 6.45) is 5.10. The quantitative estimate of drug-likeness (QED) is 0.122. The average molecular weight is 904 g/mol. The Morgan fingerprint density at radius 2 is 1.56 bits per heavy atom. The fourth-order valence-corrected chi connectivity index (χ4v) is 12.9. The molecule has 5 aliphatic heterocycles. The largest absolute Gasteiger partial charge is 0.481 e. The molecule has 0 aromatic heterocycles. The number of ketones is 1. The molecule has 4 fully saturated rings. The molecule has 13 nitrogen and oxygen atoms in total. The molecule has 0 saturated carbocycles. The number of Topliss-reactive ketones (excluding diaryl/α,β-unsaturated/α-hetero) is 1. The summed E-state index contributed by atoms with van der Waals surface area (Å²) in [5.41, 5.74) is -1.62. The first-order valence-electron chi connectivity index (χ1n) is 23.9. The third-order valence-electron chi connectivity index (χ3n) is 16.0. The summed E-state index contributed by atoms with van der Waals surface area (Å²) in [7, 11) is -3.98. The second-order valence-electron chi connectivity index (χ2n) is 20.2. The fraction of sp³-hybridized carbons (Fsp3) is 0.796. The molecule has 1 aromatic rings. The number of carboxylic acids is 1. The minimum absolute atomic E-state index is 0.0475. The number of benzene rings is 1. The summed E-state index contributed by atoms with van der Waals surface area (Å²) in [5, 5.41) is 32.9.